The Labute approximate surface area is 163 Å². The van der Waals surface area contributed by atoms with Crippen molar-refractivity contribution in [3.05, 3.63) is 24.3 Å². The molecule has 1 aromatic carbocycles. The summed E-state index contributed by atoms with van der Waals surface area (Å²) >= 11 is 0. The highest BCUT2D eigenvalue weighted by molar-refractivity contribution is 5.79. The van der Waals surface area contributed by atoms with Gasteiger partial charge in [-0.3, -0.25) is 9.59 Å². The first-order valence-electron chi connectivity index (χ1n) is 10.1. The van der Waals surface area contributed by atoms with Crippen LogP contribution < -0.4 is 9.47 Å². The Morgan fingerprint density at radius 1 is 0.852 bits per heavy atom. The first kappa shape index (κ1) is 23.0. The molecule has 0 aliphatic carbocycles. The topological polar surface area (TPSA) is 61.8 Å². The summed E-state index contributed by atoms with van der Waals surface area (Å²) in [7, 11) is 0. The number of unbranched alkanes of at least 4 members (excludes halogenated alkanes) is 6. The molecule has 0 aliphatic heterocycles. The Morgan fingerprint density at radius 2 is 1.44 bits per heavy atom. The van der Waals surface area contributed by atoms with E-state index in [0.717, 1.165) is 12.8 Å². The molecular formula is C22H34O5. The lowest BCUT2D eigenvalue weighted by molar-refractivity contribution is -0.147. The van der Waals surface area contributed by atoms with Crippen molar-refractivity contribution in [1.82, 2.24) is 0 Å². The van der Waals surface area contributed by atoms with E-state index in [9.17, 15) is 9.59 Å². The molecule has 0 heterocycles. The number of esters is 2. The molecule has 0 spiro atoms. The number of rotatable bonds is 14. The number of hydrogen-bond donors (Lipinski definition) is 0. The van der Waals surface area contributed by atoms with Gasteiger partial charge in [0.25, 0.3) is 0 Å². The minimum atomic E-state index is -0.470. The summed E-state index contributed by atoms with van der Waals surface area (Å²) in [5.74, 6) is 0.0577. The van der Waals surface area contributed by atoms with Crippen LogP contribution in [0, 0.1) is 0 Å². The molecular weight excluding hydrogens is 344 g/mol. The molecule has 152 valence electrons. The Balaban J connectivity index is 2.18. The SMILES string of the molecule is CCCCCCCCCOC(=O)CCC(=O)Oc1ccccc1OC(C)C. The van der Waals surface area contributed by atoms with Crippen LogP contribution in [0.3, 0.4) is 0 Å². The van der Waals surface area contributed by atoms with Crippen molar-refractivity contribution < 1.29 is 23.8 Å². The van der Waals surface area contributed by atoms with E-state index in [-0.39, 0.29) is 24.9 Å². The van der Waals surface area contributed by atoms with Gasteiger partial charge in [0.2, 0.25) is 0 Å². The van der Waals surface area contributed by atoms with Gasteiger partial charge >= 0.3 is 11.9 Å². The summed E-state index contributed by atoms with van der Waals surface area (Å²) in [6.45, 7) is 6.43. The third-order valence-electron chi connectivity index (χ3n) is 3.98. The third kappa shape index (κ3) is 11.3. The molecule has 0 saturated carbocycles. The van der Waals surface area contributed by atoms with Crippen molar-refractivity contribution in [2.45, 2.75) is 84.7 Å². The van der Waals surface area contributed by atoms with E-state index in [1.54, 1.807) is 18.2 Å². The molecule has 0 aliphatic rings. The molecule has 0 bridgehead atoms. The van der Waals surface area contributed by atoms with Crippen LogP contribution in [0.4, 0.5) is 0 Å². The summed E-state index contributed by atoms with van der Waals surface area (Å²) in [4.78, 5) is 23.7. The largest absolute Gasteiger partial charge is 0.487 e. The predicted octanol–water partition coefficient (Wildman–Crippen LogP) is 5.45. The quantitative estimate of drug-likeness (QED) is 0.245. The standard InChI is InChI=1S/C22H34O5/c1-4-5-6-7-8-9-12-17-25-21(23)15-16-22(24)27-20-14-11-10-13-19(20)26-18(2)3/h10-11,13-14,18H,4-9,12,15-17H2,1-3H3. The van der Waals surface area contributed by atoms with Crippen molar-refractivity contribution >= 4 is 11.9 Å². The van der Waals surface area contributed by atoms with Gasteiger partial charge < -0.3 is 14.2 Å². The molecule has 5 nitrogen and oxygen atoms in total. The second-order valence-electron chi connectivity index (χ2n) is 6.93. The van der Waals surface area contributed by atoms with Gasteiger partial charge in [-0.25, -0.2) is 0 Å². The summed E-state index contributed by atoms with van der Waals surface area (Å²) < 4.78 is 16.1. The van der Waals surface area contributed by atoms with Crippen molar-refractivity contribution in [3.8, 4) is 11.5 Å². The fourth-order valence-electron chi connectivity index (χ4n) is 2.58. The Kier molecular flexibility index (Phi) is 12.0. The van der Waals surface area contributed by atoms with Crippen LogP contribution in [0.2, 0.25) is 0 Å². The average Bonchev–Trinajstić information content (AvgIpc) is 2.63. The number of carbonyl (C=O) groups is 2. The van der Waals surface area contributed by atoms with Crippen molar-refractivity contribution in [2.75, 3.05) is 6.61 Å². The molecule has 0 saturated heterocycles. The second-order valence-corrected chi connectivity index (χ2v) is 6.93. The first-order valence-corrected chi connectivity index (χ1v) is 10.1. The van der Waals surface area contributed by atoms with E-state index in [4.69, 9.17) is 14.2 Å². The molecule has 0 fully saturated rings. The maximum Gasteiger partial charge on any atom is 0.311 e. The lowest BCUT2D eigenvalue weighted by atomic mass is 10.1. The highest BCUT2D eigenvalue weighted by Crippen LogP contribution is 2.27. The molecule has 0 N–H and O–H groups in total. The number of para-hydroxylation sites is 2. The summed E-state index contributed by atoms with van der Waals surface area (Å²) in [5.41, 5.74) is 0. The number of ether oxygens (including phenoxy) is 3. The zero-order valence-electron chi connectivity index (χ0n) is 17.0. The molecule has 27 heavy (non-hydrogen) atoms. The van der Waals surface area contributed by atoms with Crippen LogP contribution in [0.5, 0.6) is 11.5 Å². The molecule has 0 unspecified atom stereocenters. The minimum Gasteiger partial charge on any atom is -0.487 e. The van der Waals surface area contributed by atoms with Crippen LogP contribution in [-0.2, 0) is 14.3 Å². The molecule has 0 aromatic heterocycles. The molecule has 0 amide bonds. The Hall–Kier alpha value is -2.04. The molecule has 0 atom stereocenters. The van der Waals surface area contributed by atoms with Crippen LogP contribution in [-0.4, -0.2) is 24.6 Å². The highest BCUT2D eigenvalue weighted by Gasteiger charge is 2.13. The van der Waals surface area contributed by atoms with E-state index in [0.29, 0.717) is 18.1 Å². The van der Waals surface area contributed by atoms with Crippen molar-refractivity contribution in [1.29, 1.82) is 0 Å². The van der Waals surface area contributed by atoms with Gasteiger partial charge in [-0.05, 0) is 32.4 Å². The third-order valence-corrected chi connectivity index (χ3v) is 3.98. The number of carbonyl (C=O) groups excluding carboxylic acids is 2. The van der Waals surface area contributed by atoms with Gasteiger partial charge in [0, 0.05) is 0 Å². The van der Waals surface area contributed by atoms with Crippen LogP contribution in [0.1, 0.15) is 78.6 Å². The zero-order chi connectivity index (χ0) is 19.9. The van der Waals surface area contributed by atoms with E-state index in [2.05, 4.69) is 6.92 Å². The number of hydrogen-bond acceptors (Lipinski definition) is 5. The van der Waals surface area contributed by atoms with Crippen molar-refractivity contribution in [2.24, 2.45) is 0 Å². The lowest BCUT2D eigenvalue weighted by Gasteiger charge is -2.13. The second kappa shape index (κ2) is 14.1. The van der Waals surface area contributed by atoms with Crippen LogP contribution in [0.25, 0.3) is 0 Å². The van der Waals surface area contributed by atoms with E-state index in [1.807, 2.05) is 19.9 Å². The van der Waals surface area contributed by atoms with E-state index >= 15 is 0 Å². The van der Waals surface area contributed by atoms with Gasteiger partial charge in [0.15, 0.2) is 11.5 Å². The van der Waals surface area contributed by atoms with Crippen LogP contribution >= 0.6 is 0 Å². The lowest BCUT2D eigenvalue weighted by Crippen LogP contribution is -2.14. The predicted molar refractivity (Wildman–Crippen MR) is 106 cm³/mol. The normalized spacial score (nSPS) is 10.7. The molecule has 0 radical (unpaired) electrons. The van der Waals surface area contributed by atoms with Gasteiger partial charge in [0.05, 0.1) is 25.6 Å². The summed E-state index contributed by atoms with van der Waals surface area (Å²) in [6.07, 6.45) is 8.20. The minimum absolute atomic E-state index is 0.00807. The van der Waals surface area contributed by atoms with Crippen LogP contribution in [0.15, 0.2) is 24.3 Å². The van der Waals surface area contributed by atoms with Crippen molar-refractivity contribution in [3.63, 3.8) is 0 Å². The monoisotopic (exact) mass is 378 g/mol. The Bertz CT molecular complexity index is 553. The average molecular weight is 379 g/mol. The number of benzene rings is 1. The van der Waals surface area contributed by atoms with E-state index < -0.39 is 5.97 Å². The smallest absolute Gasteiger partial charge is 0.311 e. The van der Waals surface area contributed by atoms with Gasteiger partial charge in [-0.2, -0.15) is 0 Å². The zero-order valence-corrected chi connectivity index (χ0v) is 17.0. The van der Waals surface area contributed by atoms with Gasteiger partial charge in [-0.1, -0.05) is 57.6 Å². The summed E-state index contributed by atoms with van der Waals surface area (Å²) in [6, 6.07) is 7.01. The van der Waals surface area contributed by atoms with E-state index in [1.165, 1.54) is 32.1 Å². The fraction of sp³-hybridized carbons (Fsp3) is 0.636. The Morgan fingerprint density at radius 3 is 2.11 bits per heavy atom. The maximum atomic E-state index is 12.0. The molecule has 1 aromatic rings. The van der Waals surface area contributed by atoms with Gasteiger partial charge in [-0.15, -0.1) is 0 Å². The van der Waals surface area contributed by atoms with Gasteiger partial charge in [0.1, 0.15) is 0 Å². The first-order chi connectivity index (χ1) is 13.0. The molecule has 1 rings (SSSR count). The fourth-order valence-corrected chi connectivity index (χ4v) is 2.58. The highest BCUT2D eigenvalue weighted by atomic mass is 16.6. The maximum absolute atomic E-state index is 12.0. The molecule has 5 heteroatoms. The summed E-state index contributed by atoms with van der Waals surface area (Å²) in [5, 5.41) is 0.